The van der Waals surface area contributed by atoms with Crippen LogP contribution in [0.25, 0.3) is 10.9 Å². The Balaban J connectivity index is 1.85. The molecule has 0 saturated carbocycles. The minimum Gasteiger partial charge on any atom is -0.464 e. The van der Waals surface area contributed by atoms with E-state index in [1.165, 1.54) is 13.5 Å². The minimum atomic E-state index is -0.531. The van der Waals surface area contributed by atoms with Crippen molar-refractivity contribution >= 4 is 40.1 Å². The average molecular weight is 378 g/mol. The normalized spacial score (nSPS) is 18.0. The van der Waals surface area contributed by atoms with Gasteiger partial charge in [-0.15, -0.1) is 0 Å². The number of methoxy groups -OCH3 is 1. The van der Waals surface area contributed by atoms with E-state index in [0.717, 1.165) is 31.3 Å². The summed E-state index contributed by atoms with van der Waals surface area (Å²) >= 11 is 6.09. The lowest BCUT2D eigenvalue weighted by molar-refractivity contribution is -0.118. The van der Waals surface area contributed by atoms with Crippen LogP contribution in [0.4, 0.5) is 5.69 Å². The molecule has 1 aliphatic heterocycles. The fourth-order valence-electron chi connectivity index (χ4n) is 3.64. The summed E-state index contributed by atoms with van der Waals surface area (Å²) in [4.78, 5) is 30.0. The molecule has 2 N–H and O–H groups in total. The fraction of sp³-hybridized carbons (Fsp3) is 0.474. The number of aromatic nitrogens is 1. The van der Waals surface area contributed by atoms with Crippen LogP contribution in [0.5, 0.6) is 0 Å². The number of amides is 1. The van der Waals surface area contributed by atoms with Crippen molar-refractivity contribution in [3.63, 3.8) is 0 Å². The molecule has 1 amide bonds. The molecule has 0 aliphatic carbocycles. The third-order valence-electron chi connectivity index (χ3n) is 4.98. The molecular formula is C19H24ClN3O3. The first-order valence-corrected chi connectivity index (χ1v) is 9.34. The number of likely N-dealkylation sites (tertiary alicyclic amines) is 1. The van der Waals surface area contributed by atoms with Crippen LogP contribution in [0.15, 0.2) is 18.2 Å². The number of piperidine rings is 1. The maximum atomic E-state index is 12.7. The summed E-state index contributed by atoms with van der Waals surface area (Å²) in [5, 5.41) is 4.12. The van der Waals surface area contributed by atoms with Crippen molar-refractivity contribution in [3.05, 3.63) is 28.9 Å². The molecule has 1 aromatic heterocycles. The summed E-state index contributed by atoms with van der Waals surface area (Å²) in [6, 6.07) is 5.67. The number of fused-ring (bicyclic) bond motifs is 1. The van der Waals surface area contributed by atoms with E-state index >= 15 is 0 Å². The van der Waals surface area contributed by atoms with Gasteiger partial charge in [-0.3, -0.25) is 9.69 Å². The number of anilines is 1. The molecule has 0 radical (unpaired) electrons. The van der Waals surface area contributed by atoms with E-state index in [9.17, 15) is 9.59 Å². The van der Waals surface area contributed by atoms with Gasteiger partial charge < -0.3 is 15.0 Å². The zero-order chi connectivity index (χ0) is 18.7. The molecule has 1 atom stereocenters. The Morgan fingerprint density at radius 1 is 1.38 bits per heavy atom. The Hall–Kier alpha value is -2.05. The lowest BCUT2D eigenvalue weighted by Crippen LogP contribution is -2.43. The maximum absolute atomic E-state index is 12.7. The molecular weight excluding hydrogens is 354 g/mol. The molecule has 1 aromatic carbocycles. The van der Waals surface area contributed by atoms with Crippen LogP contribution in [0.3, 0.4) is 0 Å². The molecule has 2 heterocycles. The second kappa shape index (κ2) is 8.10. The first-order valence-electron chi connectivity index (χ1n) is 8.97. The van der Waals surface area contributed by atoms with Crippen LogP contribution in [-0.2, 0) is 9.53 Å². The molecule has 7 heteroatoms. The van der Waals surface area contributed by atoms with Gasteiger partial charge in [-0.1, -0.05) is 24.9 Å². The van der Waals surface area contributed by atoms with Gasteiger partial charge in [0.25, 0.3) is 0 Å². The zero-order valence-corrected chi connectivity index (χ0v) is 15.9. The molecule has 1 saturated heterocycles. The van der Waals surface area contributed by atoms with Gasteiger partial charge in [0.05, 0.1) is 19.3 Å². The Morgan fingerprint density at radius 2 is 2.19 bits per heavy atom. The Labute approximate surface area is 157 Å². The number of halogens is 1. The number of nitrogens with one attached hydrogen (secondary N) is 2. The highest BCUT2D eigenvalue weighted by molar-refractivity contribution is 6.31. The van der Waals surface area contributed by atoms with E-state index in [-0.39, 0.29) is 11.6 Å². The highest BCUT2D eigenvalue weighted by Crippen LogP contribution is 2.31. The van der Waals surface area contributed by atoms with E-state index in [1.54, 1.807) is 18.2 Å². The number of esters is 1. The van der Waals surface area contributed by atoms with Crippen LogP contribution in [0.1, 0.15) is 43.1 Å². The molecule has 1 aliphatic rings. The number of ether oxygens (including phenoxy) is 1. The van der Waals surface area contributed by atoms with Gasteiger partial charge in [-0.25, -0.2) is 4.79 Å². The molecule has 3 rings (SSSR count). The van der Waals surface area contributed by atoms with Gasteiger partial charge in [0.1, 0.15) is 5.69 Å². The number of hydrogen-bond acceptors (Lipinski definition) is 4. The first-order chi connectivity index (χ1) is 12.5. The number of carbonyl (C=O) groups excluding carboxylic acids is 2. The van der Waals surface area contributed by atoms with Gasteiger partial charge in [-0.2, -0.15) is 0 Å². The predicted molar refractivity (Wildman–Crippen MR) is 103 cm³/mol. The maximum Gasteiger partial charge on any atom is 0.356 e. The number of nitrogens with zero attached hydrogens (tertiary/aromatic N) is 1. The van der Waals surface area contributed by atoms with Crippen molar-refractivity contribution in [1.82, 2.24) is 9.88 Å². The second-order valence-electron chi connectivity index (χ2n) is 6.63. The van der Waals surface area contributed by atoms with Gasteiger partial charge in [0, 0.05) is 22.0 Å². The van der Waals surface area contributed by atoms with Crippen molar-refractivity contribution in [2.45, 2.75) is 38.6 Å². The van der Waals surface area contributed by atoms with Crippen molar-refractivity contribution in [2.75, 3.05) is 25.5 Å². The Kier molecular flexibility index (Phi) is 5.84. The monoisotopic (exact) mass is 377 g/mol. The smallest absolute Gasteiger partial charge is 0.356 e. The average Bonchev–Trinajstić information content (AvgIpc) is 2.99. The van der Waals surface area contributed by atoms with Crippen molar-refractivity contribution < 1.29 is 14.3 Å². The van der Waals surface area contributed by atoms with E-state index in [4.69, 9.17) is 16.3 Å². The molecule has 140 valence electrons. The van der Waals surface area contributed by atoms with Crippen molar-refractivity contribution in [3.8, 4) is 0 Å². The van der Waals surface area contributed by atoms with Gasteiger partial charge >= 0.3 is 5.97 Å². The summed E-state index contributed by atoms with van der Waals surface area (Å²) in [6.07, 6.45) is 4.48. The standard InChI is InChI=1S/C19H24ClN3O3/c1-3-13-6-4-5-9-23(13)11-16(24)22-17-14-10-12(20)7-8-15(14)21-18(17)19(25)26-2/h7-8,10,13,21H,3-6,9,11H2,1-2H3,(H,22,24)/t13-/m1/s1. The highest BCUT2D eigenvalue weighted by atomic mass is 35.5. The van der Waals surface area contributed by atoms with Gasteiger partial charge in [0.15, 0.2) is 0 Å². The molecule has 0 spiro atoms. The quantitative estimate of drug-likeness (QED) is 0.777. The van der Waals surface area contributed by atoms with Crippen LogP contribution in [0, 0.1) is 0 Å². The molecule has 0 bridgehead atoms. The lowest BCUT2D eigenvalue weighted by atomic mass is 10.00. The van der Waals surface area contributed by atoms with Gasteiger partial charge in [-0.05, 0) is 44.0 Å². The first kappa shape index (κ1) is 18.7. The van der Waals surface area contributed by atoms with Crippen LogP contribution in [0.2, 0.25) is 5.02 Å². The topological polar surface area (TPSA) is 74.4 Å². The summed E-state index contributed by atoms with van der Waals surface area (Å²) < 4.78 is 4.84. The summed E-state index contributed by atoms with van der Waals surface area (Å²) in [7, 11) is 1.31. The van der Waals surface area contributed by atoms with E-state index in [0.29, 0.717) is 28.7 Å². The number of benzene rings is 1. The molecule has 0 unspecified atom stereocenters. The van der Waals surface area contributed by atoms with Crippen molar-refractivity contribution in [2.24, 2.45) is 0 Å². The number of hydrogen-bond donors (Lipinski definition) is 2. The molecule has 6 nitrogen and oxygen atoms in total. The Bertz CT molecular complexity index is 818. The van der Waals surface area contributed by atoms with Gasteiger partial charge in [0.2, 0.25) is 5.91 Å². The molecule has 1 fully saturated rings. The number of aromatic amines is 1. The summed E-state index contributed by atoms with van der Waals surface area (Å²) in [5.41, 5.74) is 1.36. The summed E-state index contributed by atoms with van der Waals surface area (Å²) in [6.45, 7) is 3.39. The zero-order valence-electron chi connectivity index (χ0n) is 15.1. The summed E-state index contributed by atoms with van der Waals surface area (Å²) in [5.74, 6) is -0.673. The largest absolute Gasteiger partial charge is 0.464 e. The lowest BCUT2D eigenvalue weighted by Gasteiger charge is -2.34. The SMILES string of the molecule is CC[C@@H]1CCCCN1CC(=O)Nc1c(C(=O)OC)[nH]c2ccc(Cl)cc12. The van der Waals surface area contributed by atoms with E-state index in [1.807, 2.05) is 0 Å². The number of rotatable bonds is 5. The third-order valence-corrected chi connectivity index (χ3v) is 5.22. The van der Waals surface area contributed by atoms with E-state index < -0.39 is 5.97 Å². The van der Waals surface area contributed by atoms with Crippen LogP contribution in [-0.4, -0.2) is 48.0 Å². The Morgan fingerprint density at radius 3 is 2.92 bits per heavy atom. The van der Waals surface area contributed by atoms with Crippen LogP contribution >= 0.6 is 11.6 Å². The van der Waals surface area contributed by atoms with Crippen LogP contribution < -0.4 is 5.32 Å². The highest BCUT2D eigenvalue weighted by Gasteiger charge is 2.25. The number of carbonyl (C=O) groups is 2. The molecule has 26 heavy (non-hydrogen) atoms. The predicted octanol–water partition coefficient (Wildman–Crippen LogP) is 3.81. The second-order valence-corrected chi connectivity index (χ2v) is 7.07. The minimum absolute atomic E-state index is 0.142. The third kappa shape index (κ3) is 3.86. The van der Waals surface area contributed by atoms with Crippen molar-refractivity contribution in [1.29, 1.82) is 0 Å². The fourth-order valence-corrected chi connectivity index (χ4v) is 3.82. The molecule has 2 aromatic rings. The van der Waals surface area contributed by atoms with E-state index in [2.05, 4.69) is 22.1 Å². The number of H-pyrrole nitrogens is 1.